The Morgan fingerprint density at radius 1 is 1.27 bits per heavy atom. The molecule has 0 saturated carbocycles. The molecule has 114 valence electrons. The first-order valence-corrected chi connectivity index (χ1v) is 8.23. The Labute approximate surface area is 144 Å². The summed E-state index contributed by atoms with van der Waals surface area (Å²) >= 11 is 10.4. The maximum atomic E-state index is 11.9. The van der Waals surface area contributed by atoms with E-state index in [1.54, 1.807) is 0 Å². The van der Waals surface area contributed by atoms with Gasteiger partial charge in [-0.05, 0) is 36.4 Å². The third-order valence-corrected chi connectivity index (χ3v) is 4.47. The van der Waals surface area contributed by atoms with Crippen molar-refractivity contribution in [3.8, 4) is 0 Å². The molecule has 0 spiro atoms. The van der Waals surface area contributed by atoms with Crippen molar-refractivity contribution in [2.24, 2.45) is 0 Å². The summed E-state index contributed by atoms with van der Waals surface area (Å²) in [5.74, 6) is -0.0394. The van der Waals surface area contributed by atoms with Crippen molar-refractivity contribution >= 4 is 56.6 Å². The second kappa shape index (κ2) is 7.62. The smallest absolute Gasteiger partial charge is 0.289 e. The summed E-state index contributed by atoms with van der Waals surface area (Å²) < 4.78 is 0.967. The fraction of sp³-hybridized carbons (Fsp3) is 0.0714. The molecule has 0 saturated heterocycles. The van der Waals surface area contributed by atoms with E-state index in [2.05, 4.69) is 21.2 Å². The number of nitro groups is 1. The number of carbonyl (C=O) groups is 1. The van der Waals surface area contributed by atoms with Gasteiger partial charge in [-0.3, -0.25) is 14.9 Å². The number of anilines is 1. The highest BCUT2D eigenvalue weighted by Crippen LogP contribution is 2.27. The van der Waals surface area contributed by atoms with E-state index in [-0.39, 0.29) is 22.4 Å². The molecule has 0 aliphatic heterocycles. The molecule has 0 aliphatic rings. The van der Waals surface area contributed by atoms with Crippen LogP contribution in [0.2, 0.25) is 5.02 Å². The molecule has 1 amide bonds. The average molecular weight is 402 g/mol. The van der Waals surface area contributed by atoms with Crippen LogP contribution in [0.1, 0.15) is 0 Å². The zero-order valence-corrected chi connectivity index (χ0v) is 14.2. The van der Waals surface area contributed by atoms with Crippen LogP contribution in [-0.4, -0.2) is 16.6 Å². The molecule has 1 N–H and O–H groups in total. The number of hydrogen-bond acceptors (Lipinski definition) is 4. The summed E-state index contributed by atoms with van der Waals surface area (Å²) in [6.07, 6.45) is 0. The van der Waals surface area contributed by atoms with Crippen molar-refractivity contribution < 1.29 is 9.72 Å². The van der Waals surface area contributed by atoms with Crippen LogP contribution in [0.25, 0.3) is 0 Å². The summed E-state index contributed by atoms with van der Waals surface area (Å²) in [5.41, 5.74) is 0.109. The Balaban J connectivity index is 1.96. The lowest BCUT2D eigenvalue weighted by molar-refractivity contribution is -0.384. The summed E-state index contributed by atoms with van der Waals surface area (Å²) in [7, 11) is 0. The summed E-state index contributed by atoms with van der Waals surface area (Å²) in [6.45, 7) is 0. The topological polar surface area (TPSA) is 72.2 Å². The van der Waals surface area contributed by atoms with Gasteiger partial charge in [0.1, 0.15) is 5.02 Å². The van der Waals surface area contributed by atoms with Gasteiger partial charge in [0, 0.05) is 21.1 Å². The first-order chi connectivity index (χ1) is 10.5. The minimum absolute atomic E-state index is 0.0345. The number of rotatable bonds is 5. The second-order valence-corrected chi connectivity index (χ2v) is 6.59. The van der Waals surface area contributed by atoms with Gasteiger partial charge in [-0.25, -0.2) is 0 Å². The average Bonchev–Trinajstić information content (AvgIpc) is 2.48. The molecule has 0 radical (unpaired) electrons. The standard InChI is InChI=1S/C14H10BrClN2O3S/c15-9-1-4-11(5-2-9)22-8-14(19)17-10-3-6-12(16)13(7-10)18(20)21/h1-7H,8H2,(H,17,19). The monoisotopic (exact) mass is 400 g/mol. The number of amides is 1. The lowest BCUT2D eigenvalue weighted by atomic mass is 10.3. The van der Waals surface area contributed by atoms with Gasteiger partial charge in [0.25, 0.3) is 5.69 Å². The number of halogens is 2. The second-order valence-electron chi connectivity index (χ2n) is 4.21. The molecule has 0 unspecified atom stereocenters. The number of thioether (sulfide) groups is 1. The molecule has 8 heteroatoms. The highest BCUT2D eigenvalue weighted by Gasteiger charge is 2.14. The molecule has 0 fully saturated rings. The van der Waals surface area contributed by atoms with E-state index in [9.17, 15) is 14.9 Å². The first-order valence-electron chi connectivity index (χ1n) is 6.08. The lowest BCUT2D eigenvalue weighted by Crippen LogP contribution is -2.14. The summed E-state index contributed by atoms with van der Waals surface area (Å²) in [4.78, 5) is 23.0. The molecule has 0 heterocycles. The van der Waals surface area contributed by atoms with Crippen molar-refractivity contribution in [3.63, 3.8) is 0 Å². The minimum atomic E-state index is -0.589. The van der Waals surface area contributed by atoms with Gasteiger partial charge >= 0.3 is 0 Å². The van der Waals surface area contributed by atoms with Crippen molar-refractivity contribution in [2.75, 3.05) is 11.1 Å². The fourth-order valence-corrected chi connectivity index (χ4v) is 2.76. The number of nitrogens with one attached hydrogen (secondary N) is 1. The Kier molecular flexibility index (Phi) is 5.82. The van der Waals surface area contributed by atoms with Crippen LogP contribution in [0.3, 0.4) is 0 Å². The Morgan fingerprint density at radius 3 is 2.59 bits per heavy atom. The van der Waals surface area contributed by atoms with Crippen LogP contribution in [-0.2, 0) is 4.79 Å². The number of carbonyl (C=O) groups excluding carboxylic acids is 1. The van der Waals surface area contributed by atoms with Crippen LogP contribution in [0.5, 0.6) is 0 Å². The van der Waals surface area contributed by atoms with Gasteiger partial charge in [-0.1, -0.05) is 27.5 Å². The fourth-order valence-electron chi connectivity index (χ4n) is 1.61. The Morgan fingerprint density at radius 2 is 1.95 bits per heavy atom. The van der Waals surface area contributed by atoms with E-state index >= 15 is 0 Å². The normalized spacial score (nSPS) is 10.3. The first kappa shape index (κ1) is 16.8. The molecule has 0 aromatic heterocycles. The van der Waals surface area contributed by atoms with Crippen LogP contribution in [0.4, 0.5) is 11.4 Å². The van der Waals surface area contributed by atoms with Crippen molar-refractivity contribution in [1.29, 1.82) is 0 Å². The zero-order valence-electron chi connectivity index (χ0n) is 11.1. The number of nitrogens with zero attached hydrogens (tertiary/aromatic N) is 1. The van der Waals surface area contributed by atoms with Crippen LogP contribution < -0.4 is 5.32 Å². The highest BCUT2D eigenvalue weighted by atomic mass is 79.9. The van der Waals surface area contributed by atoms with Crippen LogP contribution in [0, 0.1) is 10.1 Å². The molecule has 0 bridgehead atoms. The summed E-state index contributed by atoms with van der Waals surface area (Å²) in [5, 5.41) is 13.4. The predicted molar refractivity (Wildman–Crippen MR) is 91.6 cm³/mol. The molecular formula is C14H10BrClN2O3S. The van der Waals surface area contributed by atoms with Crippen molar-refractivity contribution in [3.05, 3.63) is 62.1 Å². The molecule has 22 heavy (non-hydrogen) atoms. The Hall–Kier alpha value is -1.57. The van der Waals surface area contributed by atoms with E-state index < -0.39 is 4.92 Å². The molecule has 2 aromatic carbocycles. The van der Waals surface area contributed by atoms with Crippen molar-refractivity contribution in [2.45, 2.75) is 4.90 Å². The van der Waals surface area contributed by atoms with Gasteiger partial charge in [0.2, 0.25) is 5.91 Å². The van der Waals surface area contributed by atoms with Gasteiger partial charge in [0.05, 0.1) is 10.7 Å². The highest BCUT2D eigenvalue weighted by molar-refractivity contribution is 9.10. The minimum Gasteiger partial charge on any atom is -0.325 e. The van der Waals surface area contributed by atoms with Gasteiger partial charge in [0.15, 0.2) is 0 Å². The quantitative estimate of drug-likeness (QED) is 0.446. The number of nitro benzene ring substituents is 1. The van der Waals surface area contributed by atoms with Crippen molar-refractivity contribution in [1.82, 2.24) is 0 Å². The Bertz CT molecular complexity index is 710. The maximum Gasteiger partial charge on any atom is 0.289 e. The number of hydrogen-bond donors (Lipinski definition) is 1. The van der Waals surface area contributed by atoms with Crippen LogP contribution in [0.15, 0.2) is 51.8 Å². The van der Waals surface area contributed by atoms with Gasteiger partial charge in [-0.15, -0.1) is 11.8 Å². The molecule has 2 rings (SSSR count). The predicted octanol–water partition coefficient (Wildman–Crippen LogP) is 4.74. The van der Waals surface area contributed by atoms with E-state index in [1.807, 2.05) is 24.3 Å². The largest absolute Gasteiger partial charge is 0.325 e. The third-order valence-electron chi connectivity index (χ3n) is 2.61. The lowest BCUT2D eigenvalue weighted by Gasteiger charge is -2.06. The molecule has 2 aromatic rings. The molecule has 5 nitrogen and oxygen atoms in total. The van der Waals surface area contributed by atoms with E-state index in [4.69, 9.17) is 11.6 Å². The van der Waals surface area contributed by atoms with E-state index in [0.29, 0.717) is 5.69 Å². The third kappa shape index (κ3) is 4.72. The number of benzene rings is 2. The molecular weight excluding hydrogens is 392 g/mol. The van der Waals surface area contributed by atoms with E-state index in [0.717, 1.165) is 9.37 Å². The van der Waals surface area contributed by atoms with Gasteiger partial charge in [-0.2, -0.15) is 0 Å². The van der Waals surface area contributed by atoms with Crippen LogP contribution >= 0.6 is 39.3 Å². The molecule has 0 aliphatic carbocycles. The zero-order chi connectivity index (χ0) is 16.1. The van der Waals surface area contributed by atoms with Gasteiger partial charge < -0.3 is 5.32 Å². The van der Waals surface area contributed by atoms with E-state index in [1.165, 1.54) is 30.0 Å². The summed E-state index contributed by atoms with van der Waals surface area (Å²) in [6, 6.07) is 11.7. The maximum absolute atomic E-state index is 11.9. The SMILES string of the molecule is O=C(CSc1ccc(Br)cc1)Nc1ccc(Cl)c([N+](=O)[O-])c1. The molecule has 0 atom stereocenters.